The Balaban J connectivity index is 1.96. The van der Waals surface area contributed by atoms with Gasteiger partial charge >= 0.3 is 0 Å². The maximum absolute atomic E-state index is 6.32. The second-order valence-electron chi connectivity index (χ2n) is 5.77. The van der Waals surface area contributed by atoms with Gasteiger partial charge in [0.2, 0.25) is 0 Å². The van der Waals surface area contributed by atoms with Gasteiger partial charge in [0.15, 0.2) is 0 Å². The van der Waals surface area contributed by atoms with E-state index >= 15 is 0 Å². The van der Waals surface area contributed by atoms with E-state index in [9.17, 15) is 0 Å². The fraction of sp³-hybridized carbons (Fsp3) is 0.333. The lowest BCUT2D eigenvalue weighted by atomic mass is 9.92. The molecular weight excluding hydrogens is 262 g/mol. The van der Waals surface area contributed by atoms with Crippen molar-refractivity contribution in [3.63, 3.8) is 0 Å². The van der Waals surface area contributed by atoms with Crippen LogP contribution in [0, 0.1) is 13.8 Å². The third-order valence-corrected chi connectivity index (χ3v) is 3.97. The van der Waals surface area contributed by atoms with Crippen molar-refractivity contribution in [2.45, 2.75) is 32.4 Å². The van der Waals surface area contributed by atoms with Gasteiger partial charge in [0.25, 0.3) is 0 Å². The number of benzene rings is 2. The maximum Gasteiger partial charge on any atom is 0.128 e. The van der Waals surface area contributed by atoms with E-state index in [0.717, 1.165) is 23.5 Å². The molecule has 110 valence electrons. The van der Waals surface area contributed by atoms with Crippen molar-refractivity contribution in [3.8, 4) is 11.5 Å². The van der Waals surface area contributed by atoms with Gasteiger partial charge in [-0.15, -0.1) is 0 Å². The van der Waals surface area contributed by atoms with Crippen molar-refractivity contribution < 1.29 is 9.47 Å². The van der Waals surface area contributed by atoms with Crippen molar-refractivity contribution >= 4 is 0 Å². The van der Waals surface area contributed by atoms with Gasteiger partial charge in [0.1, 0.15) is 17.6 Å². The molecule has 1 aliphatic heterocycles. The van der Waals surface area contributed by atoms with Gasteiger partial charge in [0.05, 0.1) is 7.11 Å². The van der Waals surface area contributed by atoms with Crippen LogP contribution < -0.4 is 15.2 Å². The van der Waals surface area contributed by atoms with E-state index in [0.29, 0.717) is 0 Å². The lowest BCUT2D eigenvalue weighted by Crippen LogP contribution is -2.24. The topological polar surface area (TPSA) is 44.5 Å². The minimum absolute atomic E-state index is 0.00166. The van der Waals surface area contributed by atoms with Gasteiger partial charge in [-0.25, -0.2) is 0 Å². The number of hydrogen-bond donors (Lipinski definition) is 1. The van der Waals surface area contributed by atoms with Crippen LogP contribution in [0.4, 0.5) is 0 Å². The van der Waals surface area contributed by atoms with Gasteiger partial charge in [-0.2, -0.15) is 0 Å². The molecule has 0 saturated heterocycles. The number of methoxy groups -OCH3 is 1. The second-order valence-corrected chi connectivity index (χ2v) is 5.77. The number of nitrogens with two attached hydrogens (primary N) is 1. The highest BCUT2D eigenvalue weighted by molar-refractivity contribution is 5.45. The van der Waals surface area contributed by atoms with Gasteiger partial charge in [-0.05, 0) is 25.5 Å². The second kappa shape index (κ2) is 5.41. The molecule has 0 amide bonds. The summed E-state index contributed by atoms with van der Waals surface area (Å²) in [5.74, 6) is 1.62. The predicted molar refractivity (Wildman–Crippen MR) is 83.8 cm³/mol. The average molecular weight is 283 g/mol. The smallest absolute Gasteiger partial charge is 0.128 e. The normalized spacial score (nSPS) is 20.6. The number of aryl methyl sites for hydroxylation is 2. The van der Waals surface area contributed by atoms with Crippen LogP contribution in [0.2, 0.25) is 0 Å². The standard InChI is InChI=1S/C18H21NO2/c1-11-6-12(2)8-13(7-11)17-10-16(19)15-5-4-14(20-3)9-18(15)21-17/h4-9,16-17H,10,19H2,1-3H3/t16-,17?/m1/s1. The molecule has 2 N–H and O–H groups in total. The fourth-order valence-corrected chi connectivity index (χ4v) is 3.01. The molecule has 2 aromatic rings. The van der Waals surface area contributed by atoms with E-state index in [1.807, 2.05) is 18.2 Å². The molecule has 3 rings (SSSR count). The Bertz CT molecular complexity index is 646. The van der Waals surface area contributed by atoms with E-state index in [2.05, 4.69) is 32.0 Å². The molecule has 0 spiro atoms. The first kappa shape index (κ1) is 14.0. The summed E-state index contributed by atoms with van der Waals surface area (Å²) < 4.78 is 11.5. The van der Waals surface area contributed by atoms with Crippen molar-refractivity contribution in [3.05, 3.63) is 58.7 Å². The summed E-state index contributed by atoms with van der Waals surface area (Å²) in [7, 11) is 1.66. The molecule has 2 atom stereocenters. The number of hydrogen-bond acceptors (Lipinski definition) is 3. The molecule has 21 heavy (non-hydrogen) atoms. The van der Waals surface area contributed by atoms with Gasteiger partial charge < -0.3 is 15.2 Å². The van der Waals surface area contributed by atoms with Crippen LogP contribution in [-0.4, -0.2) is 7.11 Å². The van der Waals surface area contributed by atoms with Crippen LogP contribution >= 0.6 is 0 Å². The maximum atomic E-state index is 6.32. The van der Waals surface area contributed by atoms with E-state index < -0.39 is 0 Å². The molecule has 3 nitrogen and oxygen atoms in total. The van der Waals surface area contributed by atoms with Crippen LogP contribution in [0.5, 0.6) is 11.5 Å². The summed E-state index contributed by atoms with van der Waals surface area (Å²) in [6.07, 6.45) is 0.792. The summed E-state index contributed by atoms with van der Waals surface area (Å²) in [6.45, 7) is 4.21. The predicted octanol–water partition coefficient (Wildman–Crippen LogP) is 3.84. The number of rotatable bonds is 2. The van der Waals surface area contributed by atoms with Crippen molar-refractivity contribution in [2.24, 2.45) is 5.73 Å². The summed E-state index contributed by atoms with van der Waals surface area (Å²) in [4.78, 5) is 0. The van der Waals surface area contributed by atoms with E-state index in [-0.39, 0.29) is 12.1 Å². The van der Waals surface area contributed by atoms with Crippen LogP contribution in [-0.2, 0) is 0 Å². The lowest BCUT2D eigenvalue weighted by Gasteiger charge is -2.31. The Kier molecular flexibility index (Phi) is 3.60. The fourth-order valence-electron chi connectivity index (χ4n) is 3.01. The minimum atomic E-state index is -0.00882. The Morgan fingerprint density at radius 1 is 1.10 bits per heavy atom. The first-order valence-electron chi connectivity index (χ1n) is 7.25. The molecule has 1 aliphatic rings. The molecule has 1 unspecified atom stereocenters. The van der Waals surface area contributed by atoms with Gasteiger partial charge in [-0.1, -0.05) is 35.4 Å². The van der Waals surface area contributed by atoms with E-state index in [1.54, 1.807) is 7.11 Å². The molecule has 0 aromatic heterocycles. The molecule has 0 aliphatic carbocycles. The Hall–Kier alpha value is -2.00. The third kappa shape index (κ3) is 2.74. The molecule has 0 saturated carbocycles. The van der Waals surface area contributed by atoms with Gasteiger partial charge in [-0.3, -0.25) is 0 Å². The zero-order valence-electron chi connectivity index (χ0n) is 12.7. The van der Waals surface area contributed by atoms with Crippen molar-refractivity contribution in [1.29, 1.82) is 0 Å². The van der Waals surface area contributed by atoms with Crippen LogP contribution in [0.25, 0.3) is 0 Å². The summed E-state index contributed by atoms with van der Waals surface area (Å²) in [6, 6.07) is 12.4. The van der Waals surface area contributed by atoms with E-state index in [1.165, 1.54) is 16.7 Å². The SMILES string of the molecule is COc1ccc2c(c1)OC(c1cc(C)cc(C)c1)C[C@H]2N. The molecule has 0 fully saturated rings. The highest BCUT2D eigenvalue weighted by Gasteiger charge is 2.27. The average Bonchev–Trinajstić information content (AvgIpc) is 2.45. The highest BCUT2D eigenvalue weighted by atomic mass is 16.5. The largest absolute Gasteiger partial charge is 0.497 e. The molecule has 1 heterocycles. The summed E-state index contributed by atoms with van der Waals surface area (Å²) in [5, 5.41) is 0. The van der Waals surface area contributed by atoms with E-state index in [4.69, 9.17) is 15.2 Å². The monoisotopic (exact) mass is 283 g/mol. The number of ether oxygens (including phenoxy) is 2. The van der Waals surface area contributed by atoms with Gasteiger partial charge in [0, 0.05) is 24.1 Å². The van der Waals surface area contributed by atoms with Crippen LogP contribution in [0.15, 0.2) is 36.4 Å². The number of fused-ring (bicyclic) bond motifs is 1. The van der Waals surface area contributed by atoms with Crippen molar-refractivity contribution in [1.82, 2.24) is 0 Å². The van der Waals surface area contributed by atoms with Crippen molar-refractivity contribution in [2.75, 3.05) is 7.11 Å². The zero-order chi connectivity index (χ0) is 15.0. The first-order chi connectivity index (χ1) is 10.1. The molecule has 3 heteroatoms. The molecule has 0 bridgehead atoms. The van der Waals surface area contributed by atoms with Crippen LogP contribution in [0.3, 0.4) is 0 Å². The highest BCUT2D eigenvalue weighted by Crippen LogP contribution is 2.41. The Labute approximate surface area is 125 Å². The van der Waals surface area contributed by atoms with Crippen LogP contribution in [0.1, 0.15) is 40.8 Å². The molecular formula is C18H21NO2. The Morgan fingerprint density at radius 3 is 2.48 bits per heavy atom. The lowest BCUT2D eigenvalue weighted by molar-refractivity contribution is 0.160. The Morgan fingerprint density at radius 2 is 1.81 bits per heavy atom. The first-order valence-corrected chi connectivity index (χ1v) is 7.25. The third-order valence-electron chi connectivity index (χ3n) is 3.97. The summed E-state index contributed by atoms with van der Waals surface area (Å²) >= 11 is 0. The molecule has 2 aromatic carbocycles. The quantitative estimate of drug-likeness (QED) is 0.911. The summed E-state index contributed by atoms with van der Waals surface area (Å²) in [5.41, 5.74) is 11.1. The minimum Gasteiger partial charge on any atom is -0.497 e. The molecule has 0 radical (unpaired) electrons. The zero-order valence-corrected chi connectivity index (χ0v) is 12.7.